The fraction of sp³-hybridized carbons (Fsp3) is 1.00. The molecular weight excluding hydrogens is 264 g/mol. The van der Waals surface area contributed by atoms with Crippen molar-refractivity contribution in [1.29, 1.82) is 0 Å². The third-order valence-corrected chi connectivity index (χ3v) is 5.20. The molecular formula is C17H34N2O2. The van der Waals surface area contributed by atoms with Crippen LogP contribution in [0.25, 0.3) is 0 Å². The molecule has 1 N–H and O–H groups in total. The molecule has 1 atom stereocenters. The highest BCUT2D eigenvalue weighted by Gasteiger charge is 2.34. The summed E-state index contributed by atoms with van der Waals surface area (Å²) in [5.41, 5.74) is -0.413. The van der Waals surface area contributed by atoms with Crippen LogP contribution in [0.5, 0.6) is 0 Å². The summed E-state index contributed by atoms with van der Waals surface area (Å²) in [6.45, 7) is 8.33. The third-order valence-electron chi connectivity index (χ3n) is 5.20. The van der Waals surface area contributed by atoms with Crippen LogP contribution in [-0.2, 0) is 4.74 Å². The Balaban J connectivity index is 1.85. The SMILES string of the molecule is CCCC1CN(CC2(O)CCCCC2)CCN1CCOC. The van der Waals surface area contributed by atoms with Gasteiger partial charge < -0.3 is 9.84 Å². The number of ether oxygens (including phenoxy) is 1. The average molecular weight is 298 g/mol. The first-order valence-corrected chi connectivity index (χ1v) is 8.84. The molecule has 1 heterocycles. The number of hydrogen-bond acceptors (Lipinski definition) is 4. The molecule has 1 saturated carbocycles. The summed E-state index contributed by atoms with van der Waals surface area (Å²) in [5, 5.41) is 10.8. The predicted molar refractivity (Wildman–Crippen MR) is 86.6 cm³/mol. The van der Waals surface area contributed by atoms with E-state index in [4.69, 9.17) is 4.74 Å². The molecule has 2 aliphatic rings. The predicted octanol–water partition coefficient (Wildman–Crippen LogP) is 2.11. The quantitative estimate of drug-likeness (QED) is 0.781. The Labute approximate surface area is 130 Å². The lowest BCUT2D eigenvalue weighted by Crippen LogP contribution is -2.57. The standard InChI is InChI=1S/C17H34N2O2/c1-3-7-16-14-18(10-11-19(16)12-13-21-2)15-17(20)8-5-4-6-9-17/h16,20H,3-15H2,1-2H3. The number of nitrogens with zero attached hydrogens (tertiary/aromatic N) is 2. The van der Waals surface area contributed by atoms with Crippen molar-refractivity contribution >= 4 is 0 Å². The van der Waals surface area contributed by atoms with Crippen LogP contribution in [0.2, 0.25) is 0 Å². The number of β-amino-alcohol motifs (C(OH)–C–C–N with tert-alkyl or cyclic N) is 1. The normalized spacial score (nSPS) is 27.9. The van der Waals surface area contributed by atoms with E-state index in [9.17, 15) is 5.11 Å². The van der Waals surface area contributed by atoms with Gasteiger partial charge in [0.2, 0.25) is 0 Å². The first-order chi connectivity index (χ1) is 10.2. The Morgan fingerprint density at radius 1 is 1.19 bits per heavy atom. The molecule has 124 valence electrons. The Morgan fingerprint density at radius 3 is 2.62 bits per heavy atom. The van der Waals surface area contributed by atoms with Crippen LogP contribution in [0, 0.1) is 0 Å². The van der Waals surface area contributed by atoms with Gasteiger partial charge in [0, 0.05) is 45.9 Å². The van der Waals surface area contributed by atoms with Crippen LogP contribution < -0.4 is 0 Å². The molecule has 1 unspecified atom stereocenters. The summed E-state index contributed by atoms with van der Waals surface area (Å²) < 4.78 is 5.24. The molecule has 0 bridgehead atoms. The molecule has 2 rings (SSSR count). The van der Waals surface area contributed by atoms with E-state index in [1.54, 1.807) is 7.11 Å². The molecule has 0 radical (unpaired) electrons. The molecule has 0 aromatic heterocycles. The van der Waals surface area contributed by atoms with Gasteiger partial charge in [-0.2, -0.15) is 0 Å². The second kappa shape index (κ2) is 8.47. The van der Waals surface area contributed by atoms with E-state index >= 15 is 0 Å². The first-order valence-electron chi connectivity index (χ1n) is 8.84. The summed E-state index contributed by atoms with van der Waals surface area (Å²) in [6.07, 6.45) is 8.16. The maximum atomic E-state index is 10.8. The lowest BCUT2D eigenvalue weighted by atomic mass is 9.84. The summed E-state index contributed by atoms with van der Waals surface area (Å²) >= 11 is 0. The minimum atomic E-state index is -0.413. The van der Waals surface area contributed by atoms with Crippen molar-refractivity contribution < 1.29 is 9.84 Å². The Bertz CT molecular complexity index is 293. The summed E-state index contributed by atoms with van der Waals surface area (Å²) in [5.74, 6) is 0. The summed E-state index contributed by atoms with van der Waals surface area (Å²) in [6, 6.07) is 0.631. The molecule has 0 aromatic carbocycles. The van der Waals surface area contributed by atoms with Gasteiger partial charge in [-0.05, 0) is 19.3 Å². The Morgan fingerprint density at radius 2 is 1.95 bits per heavy atom. The largest absolute Gasteiger partial charge is 0.389 e. The van der Waals surface area contributed by atoms with Gasteiger partial charge >= 0.3 is 0 Å². The molecule has 0 amide bonds. The minimum Gasteiger partial charge on any atom is -0.389 e. The fourth-order valence-corrected chi connectivity index (χ4v) is 4.00. The highest BCUT2D eigenvalue weighted by atomic mass is 16.5. The van der Waals surface area contributed by atoms with Gasteiger partial charge in [0.1, 0.15) is 0 Å². The molecule has 1 aliphatic heterocycles. The van der Waals surface area contributed by atoms with Crippen molar-refractivity contribution in [2.24, 2.45) is 0 Å². The van der Waals surface area contributed by atoms with Crippen LogP contribution in [-0.4, -0.2) is 73.0 Å². The maximum Gasteiger partial charge on any atom is 0.0774 e. The molecule has 4 heteroatoms. The van der Waals surface area contributed by atoms with Crippen LogP contribution in [0.3, 0.4) is 0 Å². The van der Waals surface area contributed by atoms with E-state index in [2.05, 4.69) is 16.7 Å². The number of methoxy groups -OCH3 is 1. The van der Waals surface area contributed by atoms with Gasteiger partial charge in [0.25, 0.3) is 0 Å². The summed E-state index contributed by atoms with van der Waals surface area (Å²) in [4.78, 5) is 5.09. The van der Waals surface area contributed by atoms with E-state index in [0.717, 1.165) is 52.2 Å². The molecule has 4 nitrogen and oxygen atoms in total. The fourth-order valence-electron chi connectivity index (χ4n) is 4.00. The summed E-state index contributed by atoms with van der Waals surface area (Å²) in [7, 11) is 1.78. The highest BCUT2D eigenvalue weighted by molar-refractivity contribution is 4.89. The van der Waals surface area contributed by atoms with Crippen molar-refractivity contribution in [1.82, 2.24) is 9.80 Å². The second-order valence-corrected chi connectivity index (χ2v) is 6.99. The zero-order chi connectivity index (χ0) is 15.1. The zero-order valence-electron chi connectivity index (χ0n) is 14.0. The smallest absolute Gasteiger partial charge is 0.0774 e. The number of hydrogen-bond donors (Lipinski definition) is 1. The Kier molecular flexibility index (Phi) is 6.93. The van der Waals surface area contributed by atoms with Crippen molar-refractivity contribution in [2.45, 2.75) is 63.5 Å². The van der Waals surface area contributed by atoms with Gasteiger partial charge in [-0.3, -0.25) is 9.80 Å². The number of rotatable bonds is 7. The topological polar surface area (TPSA) is 35.9 Å². The second-order valence-electron chi connectivity index (χ2n) is 6.99. The van der Waals surface area contributed by atoms with Gasteiger partial charge in [0.05, 0.1) is 12.2 Å². The van der Waals surface area contributed by atoms with Crippen LogP contribution >= 0.6 is 0 Å². The molecule has 2 fully saturated rings. The van der Waals surface area contributed by atoms with Gasteiger partial charge in [-0.25, -0.2) is 0 Å². The molecule has 0 spiro atoms. The minimum absolute atomic E-state index is 0.413. The molecule has 1 saturated heterocycles. The van der Waals surface area contributed by atoms with Crippen molar-refractivity contribution in [3.8, 4) is 0 Å². The van der Waals surface area contributed by atoms with E-state index in [1.165, 1.54) is 32.1 Å². The number of piperazine rings is 1. The number of aliphatic hydroxyl groups is 1. The van der Waals surface area contributed by atoms with Crippen molar-refractivity contribution in [3.05, 3.63) is 0 Å². The van der Waals surface area contributed by atoms with Crippen molar-refractivity contribution in [2.75, 3.05) is 46.4 Å². The van der Waals surface area contributed by atoms with Gasteiger partial charge in [-0.15, -0.1) is 0 Å². The maximum absolute atomic E-state index is 10.8. The molecule has 21 heavy (non-hydrogen) atoms. The third kappa shape index (κ3) is 5.20. The zero-order valence-corrected chi connectivity index (χ0v) is 14.0. The average Bonchev–Trinajstić information content (AvgIpc) is 2.47. The van der Waals surface area contributed by atoms with E-state index in [-0.39, 0.29) is 0 Å². The molecule has 1 aliphatic carbocycles. The monoisotopic (exact) mass is 298 g/mol. The lowest BCUT2D eigenvalue weighted by Gasteiger charge is -2.45. The van der Waals surface area contributed by atoms with Gasteiger partial charge in [-0.1, -0.05) is 32.6 Å². The van der Waals surface area contributed by atoms with Crippen LogP contribution in [0.4, 0.5) is 0 Å². The van der Waals surface area contributed by atoms with Crippen molar-refractivity contribution in [3.63, 3.8) is 0 Å². The lowest BCUT2D eigenvalue weighted by molar-refractivity contribution is -0.0464. The van der Waals surface area contributed by atoms with E-state index in [1.807, 2.05) is 0 Å². The first kappa shape index (κ1) is 17.2. The molecule has 0 aromatic rings. The van der Waals surface area contributed by atoms with Crippen LogP contribution in [0.1, 0.15) is 51.9 Å². The van der Waals surface area contributed by atoms with Gasteiger partial charge in [0.15, 0.2) is 0 Å². The highest BCUT2D eigenvalue weighted by Crippen LogP contribution is 2.29. The van der Waals surface area contributed by atoms with Crippen LogP contribution in [0.15, 0.2) is 0 Å². The Hall–Kier alpha value is -0.160. The van der Waals surface area contributed by atoms with E-state index < -0.39 is 5.60 Å². The van der Waals surface area contributed by atoms with E-state index in [0.29, 0.717) is 6.04 Å².